The summed E-state index contributed by atoms with van der Waals surface area (Å²) < 4.78 is 44.0. The molecule has 1 fully saturated rings. The topological polar surface area (TPSA) is 79.8 Å². The Hall–Kier alpha value is -2.46. The number of carbonyl (C=O) groups is 1. The van der Waals surface area contributed by atoms with E-state index < -0.39 is 11.9 Å². The van der Waals surface area contributed by atoms with Gasteiger partial charge in [0, 0.05) is 28.2 Å². The van der Waals surface area contributed by atoms with Gasteiger partial charge in [0.1, 0.15) is 10.6 Å². The second-order valence-electron chi connectivity index (χ2n) is 8.18. The number of hydrogen-bond acceptors (Lipinski definition) is 6. The third kappa shape index (κ3) is 5.55. The monoisotopic (exact) mass is 497 g/mol. The molecule has 1 amide bonds. The number of nitrogens with one attached hydrogen (secondary N) is 2. The SMILES string of the molecule is CCCc1nnsc1C(=O)N[C@H]1CC[C@@H](Nc2cc(C(F)(F)F)nc3ccc(Cl)cc23)CC1. The Balaban J connectivity index is 1.43. The molecule has 176 valence electrons. The minimum Gasteiger partial charge on any atom is -0.382 e. The fourth-order valence-electron chi connectivity index (χ4n) is 4.10. The molecule has 1 aliphatic rings. The lowest BCUT2D eigenvalue weighted by Gasteiger charge is -2.30. The van der Waals surface area contributed by atoms with Crippen molar-refractivity contribution in [2.24, 2.45) is 0 Å². The molecule has 4 rings (SSSR count). The number of aryl methyl sites for hydroxylation is 1. The Labute approximate surface area is 198 Å². The zero-order valence-corrected chi connectivity index (χ0v) is 19.4. The number of alkyl halides is 3. The van der Waals surface area contributed by atoms with E-state index >= 15 is 0 Å². The Bertz CT molecular complexity index is 1140. The summed E-state index contributed by atoms with van der Waals surface area (Å²) in [5, 5.41) is 11.3. The van der Waals surface area contributed by atoms with Gasteiger partial charge in [0.05, 0.1) is 11.2 Å². The smallest absolute Gasteiger partial charge is 0.382 e. The summed E-state index contributed by atoms with van der Waals surface area (Å²) in [5.74, 6) is -0.158. The fraction of sp³-hybridized carbons (Fsp3) is 0.455. The molecule has 1 saturated carbocycles. The van der Waals surface area contributed by atoms with Crippen molar-refractivity contribution in [3.8, 4) is 0 Å². The Kier molecular flexibility index (Phi) is 7.04. The van der Waals surface area contributed by atoms with Crippen LogP contribution >= 0.6 is 23.1 Å². The molecule has 33 heavy (non-hydrogen) atoms. The van der Waals surface area contributed by atoms with Crippen LogP contribution in [0.15, 0.2) is 24.3 Å². The van der Waals surface area contributed by atoms with E-state index in [4.69, 9.17) is 11.6 Å². The van der Waals surface area contributed by atoms with E-state index in [-0.39, 0.29) is 23.5 Å². The van der Waals surface area contributed by atoms with Gasteiger partial charge in [0.15, 0.2) is 0 Å². The van der Waals surface area contributed by atoms with E-state index in [1.807, 2.05) is 6.92 Å². The predicted octanol–water partition coefficient (Wildman–Crippen LogP) is 5.86. The van der Waals surface area contributed by atoms with Gasteiger partial charge in [-0.3, -0.25) is 4.79 Å². The number of aromatic nitrogens is 3. The molecule has 0 spiro atoms. The number of pyridine rings is 1. The van der Waals surface area contributed by atoms with Crippen LogP contribution < -0.4 is 10.6 Å². The van der Waals surface area contributed by atoms with E-state index in [0.717, 1.165) is 29.7 Å². The predicted molar refractivity (Wildman–Crippen MR) is 123 cm³/mol. The molecule has 0 unspecified atom stereocenters. The number of halogens is 4. The highest BCUT2D eigenvalue weighted by atomic mass is 35.5. The van der Waals surface area contributed by atoms with Gasteiger partial charge in [0.2, 0.25) is 0 Å². The van der Waals surface area contributed by atoms with Crippen LogP contribution in [0.4, 0.5) is 18.9 Å². The molecule has 0 bridgehead atoms. The Morgan fingerprint density at radius 3 is 2.61 bits per heavy atom. The fourth-order valence-corrected chi connectivity index (χ4v) is 4.88. The van der Waals surface area contributed by atoms with E-state index in [0.29, 0.717) is 53.1 Å². The summed E-state index contributed by atoms with van der Waals surface area (Å²) in [6.07, 6.45) is -0.107. The first-order valence-electron chi connectivity index (χ1n) is 10.8. The molecule has 2 aromatic heterocycles. The Morgan fingerprint density at radius 2 is 1.91 bits per heavy atom. The van der Waals surface area contributed by atoms with Gasteiger partial charge in [0.25, 0.3) is 5.91 Å². The number of amides is 1. The third-order valence-electron chi connectivity index (χ3n) is 5.73. The van der Waals surface area contributed by atoms with Crippen LogP contribution in [0.1, 0.15) is 60.1 Å². The van der Waals surface area contributed by atoms with Gasteiger partial charge in [-0.25, -0.2) is 4.98 Å². The maximum absolute atomic E-state index is 13.4. The molecule has 0 radical (unpaired) electrons. The number of rotatable bonds is 6. The highest BCUT2D eigenvalue weighted by Crippen LogP contribution is 2.35. The lowest BCUT2D eigenvalue weighted by Crippen LogP contribution is -2.40. The van der Waals surface area contributed by atoms with Crippen molar-refractivity contribution in [2.45, 2.75) is 63.7 Å². The lowest BCUT2D eigenvalue weighted by molar-refractivity contribution is -0.140. The summed E-state index contributed by atoms with van der Waals surface area (Å²) >= 11 is 7.18. The highest BCUT2D eigenvalue weighted by molar-refractivity contribution is 7.08. The maximum Gasteiger partial charge on any atom is 0.433 e. The largest absolute Gasteiger partial charge is 0.433 e. The van der Waals surface area contributed by atoms with Gasteiger partial charge in [-0.2, -0.15) is 13.2 Å². The number of carbonyl (C=O) groups excluding carboxylic acids is 1. The van der Waals surface area contributed by atoms with E-state index in [1.54, 1.807) is 6.07 Å². The molecule has 11 heteroatoms. The average Bonchev–Trinajstić information content (AvgIpc) is 3.23. The standard InChI is InChI=1S/C22H23ClF3N5OS/c1-2-3-17-20(33-31-30-17)21(32)28-14-7-5-13(6-8-14)27-18-11-19(22(24,25)26)29-16-9-4-12(23)10-15(16)18/h4,9-11,13-14H,2-3,5-8H2,1H3,(H,27,29)(H,28,32)/t13-,14+. The average molecular weight is 498 g/mol. The van der Waals surface area contributed by atoms with Crippen molar-refractivity contribution in [3.63, 3.8) is 0 Å². The maximum atomic E-state index is 13.4. The van der Waals surface area contributed by atoms with Crippen LogP contribution in [0, 0.1) is 0 Å². The normalized spacial score (nSPS) is 18.9. The zero-order valence-electron chi connectivity index (χ0n) is 17.9. The first-order chi connectivity index (χ1) is 15.7. The van der Waals surface area contributed by atoms with Crippen molar-refractivity contribution in [1.82, 2.24) is 19.9 Å². The van der Waals surface area contributed by atoms with Crippen LogP contribution in [0.2, 0.25) is 5.02 Å². The van der Waals surface area contributed by atoms with Crippen molar-refractivity contribution in [2.75, 3.05) is 5.32 Å². The molecule has 3 aromatic rings. The number of benzene rings is 1. The van der Waals surface area contributed by atoms with Crippen LogP contribution in [0.5, 0.6) is 0 Å². The number of hydrogen-bond donors (Lipinski definition) is 2. The van der Waals surface area contributed by atoms with Crippen LogP contribution in [-0.2, 0) is 12.6 Å². The van der Waals surface area contributed by atoms with Crippen molar-refractivity contribution < 1.29 is 18.0 Å². The summed E-state index contributed by atoms with van der Waals surface area (Å²) in [6.45, 7) is 2.02. The molecule has 0 atom stereocenters. The van der Waals surface area contributed by atoms with E-state index in [9.17, 15) is 18.0 Å². The minimum absolute atomic E-state index is 0.00138. The number of fused-ring (bicyclic) bond motifs is 1. The van der Waals surface area contributed by atoms with Gasteiger partial charge in [-0.1, -0.05) is 29.4 Å². The van der Waals surface area contributed by atoms with Crippen LogP contribution in [0.25, 0.3) is 10.9 Å². The van der Waals surface area contributed by atoms with Crippen molar-refractivity contribution in [1.29, 1.82) is 0 Å². The van der Waals surface area contributed by atoms with Gasteiger partial charge in [-0.15, -0.1) is 5.10 Å². The van der Waals surface area contributed by atoms with Crippen LogP contribution in [-0.4, -0.2) is 32.6 Å². The second kappa shape index (κ2) is 9.80. The molecular formula is C22H23ClF3N5OS. The molecule has 0 aliphatic heterocycles. The van der Waals surface area contributed by atoms with Gasteiger partial charge >= 0.3 is 6.18 Å². The number of anilines is 1. The summed E-state index contributed by atoms with van der Waals surface area (Å²) in [5.41, 5.74) is 0.377. The lowest BCUT2D eigenvalue weighted by atomic mass is 9.90. The summed E-state index contributed by atoms with van der Waals surface area (Å²) in [7, 11) is 0. The summed E-state index contributed by atoms with van der Waals surface area (Å²) in [4.78, 5) is 16.9. The molecule has 6 nitrogen and oxygen atoms in total. The van der Waals surface area contributed by atoms with E-state index in [2.05, 4.69) is 25.2 Å². The second-order valence-corrected chi connectivity index (χ2v) is 9.37. The minimum atomic E-state index is -4.55. The zero-order chi connectivity index (χ0) is 23.6. The van der Waals surface area contributed by atoms with Gasteiger partial charge < -0.3 is 10.6 Å². The number of nitrogens with zero attached hydrogens (tertiary/aromatic N) is 3. The molecule has 2 N–H and O–H groups in total. The molecular weight excluding hydrogens is 475 g/mol. The molecule has 1 aromatic carbocycles. The first kappa shape index (κ1) is 23.7. The quantitative estimate of drug-likeness (QED) is 0.445. The highest BCUT2D eigenvalue weighted by Gasteiger charge is 2.34. The summed E-state index contributed by atoms with van der Waals surface area (Å²) in [6, 6.07) is 5.66. The van der Waals surface area contributed by atoms with Crippen LogP contribution in [0.3, 0.4) is 0 Å². The molecule has 1 aliphatic carbocycles. The molecule has 2 heterocycles. The van der Waals surface area contributed by atoms with E-state index in [1.165, 1.54) is 12.1 Å². The molecule has 0 saturated heterocycles. The van der Waals surface area contributed by atoms with Crippen molar-refractivity contribution >= 4 is 45.6 Å². The van der Waals surface area contributed by atoms with Gasteiger partial charge in [-0.05, 0) is 67.9 Å². The Morgan fingerprint density at radius 1 is 1.18 bits per heavy atom. The first-order valence-corrected chi connectivity index (χ1v) is 12.0. The third-order valence-corrected chi connectivity index (χ3v) is 6.73. The van der Waals surface area contributed by atoms with Crippen molar-refractivity contribution in [3.05, 3.63) is 45.6 Å².